The van der Waals surface area contributed by atoms with E-state index in [1.165, 1.54) is 7.11 Å². The Balaban J connectivity index is 2.30. The molecule has 0 spiro atoms. The van der Waals surface area contributed by atoms with Crippen LogP contribution in [0, 0.1) is 0 Å². The van der Waals surface area contributed by atoms with E-state index in [-0.39, 0.29) is 18.2 Å². The summed E-state index contributed by atoms with van der Waals surface area (Å²) in [7, 11) is 4.69. The first-order chi connectivity index (χ1) is 11.1. The number of methoxy groups -OCH3 is 2. The molecule has 0 radical (unpaired) electrons. The van der Waals surface area contributed by atoms with Crippen LogP contribution in [-0.2, 0) is 9.53 Å². The van der Waals surface area contributed by atoms with Crippen molar-refractivity contribution < 1.29 is 19.1 Å². The van der Waals surface area contributed by atoms with Crippen molar-refractivity contribution in [2.24, 2.45) is 0 Å². The Hall–Kier alpha value is -2.15. The van der Waals surface area contributed by atoms with Crippen LogP contribution in [-0.4, -0.2) is 61.7 Å². The number of nitrogens with one attached hydrogen (secondary N) is 1. The number of carbonyl (C=O) groups excluding carboxylic acids is 2. The van der Waals surface area contributed by atoms with E-state index in [9.17, 15) is 9.59 Å². The fourth-order valence-corrected chi connectivity index (χ4v) is 3.11. The summed E-state index contributed by atoms with van der Waals surface area (Å²) in [5.41, 5.74) is -0.112. The molecule has 1 atom stereocenters. The minimum Gasteiger partial charge on any atom is -0.481 e. The molecule has 2 amide bonds. The summed E-state index contributed by atoms with van der Waals surface area (Å²) in [5, 5.41) is 2.63. The van der Waals surface area contributed by atoms with Crippen LogP contribution < -0.4 is 10.1 Å². The molecule has 7 heteroatoms. The Morgan fingerprint density at radius 1 is 1.43 bits per heavy atom. The maximum Gasteiger partial charge on any atom is 0.254 e. The number of likely N-dealkylation sites (tertiary alicyclic amines) is 1. The van der Waals surface area contributed by atoms with Crippen molar-refractivity contribution in [3.63, 3.8) is 0 Å². The maximum absolute atomic E-state index is 12.9. The molecule has 1 aliphatic heterocycles. The molecule has 7 nitrogen and oxygen atoms in total. The van der Waals surface area contributed by atoms with Gasteiger partial charge in [-0.05, 0) is 18.9 Å². The Labute approximate surface area is 136 Å². The van der Waals surface area contributed by atoms with Gasteiger partial charge in [0.2, 0.25) is 11.8 Å². The second-order valence-corrected chi connectivity index (χ2v) is 5.65. The minimum atomic E-state index is -0.609. The molecule has 0 aromatic carbocycles. The average molecular weight is 321 g/mol. The zero-order valence-corrected chi connectivity index (χ0v) is 13.8. The first-order valence-electron chi connectivity index (χ1n) is 7.58. The van der Waals surface area contributed by atoms with Crippen molar-refractivity contribution in [2.75, 3.05) is 34.4 Å². The molecule has 126 valence electrons. The third-order valence-corrected chi connectivity index (χ3v) is 4.21. The first-order valence-corrected chi connectivity index (χ1v) is 7.58. The van der Waals surface area contributed by atoms with Gasteiger partial charge in [0.05, 0.1) is 25.7 Å². The van der Waals surface area contributed by atoms with Crippen LogP contribution >= 0.6 is 0 Å². The molecule has 1 aromatic heterocycles. The number of hydrogen-bond acceptors (Lipinski definition) is 5. The van der Waals surface area contributed by atoms with Gasteiger partial charge in [-0.15, -0.1) is 0 Å². The highest BCUT2D eigenvalue weighted by atomic mass is 16.5. The fraction of sp³-hybridized carbons (Fsp3) is 0.562. The van der Waals surface area contributed by atoms with Crippen molar-refractivity contribution in [3.05, 3.63) is 23.9 Å². The number of aromatic nitrogens is 1. The molecule has 2 rings (SSSR count). The topological polar surface area (TPSA) is 80.8 Å². The molecule has 0 unspecified atom stereocenters. The second-order valence-electron chi connectivity index (χ2n) is 5.65. The largest absolute Gasteiger partial charge is 0.481 e. The molecule has 1 aromatic rings. The second kappa shape index (κ2) is 7.41. The SMILES string of the molecule is CNC(=O)C[C@@]1(COC)CCCN1C(=O)c1ccnc(OC)c1. The number of pyridine rings is 1. The van der Waals surface area contributed by atoms with Gasteiger partial charge in [-0.2, -0.15) is 0 Å². The smallest absolute Gasteiger partial charge is 0.254 e. The molecular weight excluding hydrogens is 298 g/mol. The Bertz CT molecular complexity index is 578. The van der Waals surface area contributed by atoms with E-state index in [1.54, 1.807) is 37.4 Å². The predicted octanol–water partition coefficient (Wildman–Crippen LogP) is 0.847. The number of carbonyl (C=O) groups is 2. The van der Waals surface area contributed by atoms with Crippen LogP contribution in [0.3, 0.4) is 0 Å². The molecule has 0 aliphatic carbocycles. The monoisotopic (exact) mass is 321 g/mol. The van der Waals surface area contributed by atoms with Gasteiger partial charge < -0.3 is 19.7 Å². The summed E-state index contributed by atoms with van der Waals surface area (Å²) >= 11 is 0. The van der Waals surface area contributed by atoms with Gasteiger partial charge in [-0.1, -0.05) is 0 Å². The van der Waals surface area contributed by atoms with Crippen LogP contribution in [0.5, 0.6) is 5.88 Å². The van der Waals surface area contributed by atoms with Crippen molar-refractivity contribution in [2.45, 2.75) is 24.8 Å². The normalized spacial score (nSPS) is 20.4. The van der Waals surface area contributed by atoms with Gasteiger partial charge in [0.15, 0.2) is 0 Å². The number of ether oxygens (including phenoxy) is 2. The average Bonchev–Trinajstić information content (AvgIpc) is 2.97. The van der Waals surface area contributed by atoms with Crippen molar-refractivity contribution in [3.8, 4) is 5.88 Å². The number of nitrogens with zero attached hydrogens (tertiary/aromatic N) is 2. The third-order valence-electron chi connectivity index (χ3n) is 4.21. The lowest BCUT2D eigenvalue weighted by Gasteiger charge is -2.37. The van der Waals surface area contributed by atoms with Gasteiger partial charge >= 0.3 is 0 Å². The quantitative estimate of drug-likeness (QED) is 0.840. The lowest BCUT2D eigenvalue weighted by molar-refractivity contribution is -0.123. The van der Waals surface area contributed by atoms with E-state index in [2.05, 4.69) is 10.3 Å². The molecule has 2 heterocycles. The zero-order chi connectivity index (χ0) is 16.9. The van der Waals surface area contributed by atoms with Crippen LogP contribution in [0.4, 0.5) is 0 Å². The van der Waals surface area contributed by atoms with Gasteiger partial charge in [0.1, 0.15) is 0 Å². The van der Waals surface area contributed by atoms with E-state index in [0.29, 0.717) is 24.6 Å². The van der Waals surface area contributed by atoms with Gasteiger partial charge in [-0.25, -0.2) is 4.98 Å². The Morgan fingerprint density at radius 3 is 2.87 bits per heavy atom. The summed E-state index contributed by atoms with van der Waals surface area (Å²) in [6.07, 6.45) is 3.35. The highest BCUT2D eigenvalue weighted by molar-refractivity contribution is 5.95. The molecule has 1 saturated heterocycles. The lowest BCUT2D eigenvalue weighted by Crippen LogP contribution is -2.52. The highest BCUT2D eigenvalue weighted by Crippen LogP contribution is 2.34. The van der Waals surface area contributed by atoms with Crippen LogP contribution in [0.25, 0.3) is 0 Å². The fourth-order valence-electron chi connectivity index (χ4n) is 3.11. The highest BCUT2D eigenvalue weighted by Gasteiger charge is 2.45. The molecular formula is C16H23N3O4. The number of hydrogen-bond donors (Lipinski definition) is 1. The summed E-state index contributed by atoms with van der Waals surface area (Å²) in [6.45, 7) is 0.929. The van der Waals surface area contributed by atoms with Crippen LogP contribution in [0.1, 0.15) is 29.6 Å². The lowest BCUT2D eigenvalue weighted by atomic mass is 9.91. The van der Waals surface area contributed by atoms with E-state index < -0.39 is 5.54 Å². The molecule has 23 heavy (non-hydrogen) atoms. The summed E-state index contributed by atoms with van der Waals surface area (Å²) in [4.78, 5) is 30.6. The maximum atomic E-state index is 12.9. The molecule has 1 fully saturated rings. The van der Waals surface area contributed by atoms with Gasteiger partial charge in [0, 0.05) is 38.5 Å². The first kappa shape index (κ1) is 17.2. The minimum absolute atomic E-state index is 0.103. The molecule has 1 N–H and O–H groups in total. The van der Waals surface area contributed by atoms with Gasteiger partial charge in [-0.3, -0.25) is 9.59 Å². The molecule has 1 aliphatic rings. The summed E-state index contributed by atoms with van der Waals surface area (Å²) < 4.78 is 10.4. The van der Waals surface area contributed by atoms with Crippen molar-refractivity contribution >= 4 is 11.8 Å². The van der Waals surface area contributed by atoms with E-state index in [1.807, 2.05) is 0 Å². The Morgan fingerprint density at radius 2 is 2.22 bits per heavy atom. The summed E-state index contributed by atoms with van der Waals surface area (Å²) in [5.74, 6) is 0.150. The van der Waals surface area contributed by atoms with Gasteiger partial charge in [0.25, 0.3) is 5.91 Å². The number of rotatable bonds is 6. The predicted molar refractivity (Wildman–Crippen MR) is 84.4 cm³/mol. The summed E-state index contributed by atoms with van der Waals surface area (Å²) in [6, 6.07) is 3.26. The van der Waals surface area contributed by atoms with Crippen molar-refractivity contribution in [1.82, 2.24) is 15.2 Å². The van der Waals surface area contributed by atoms with E-state index >= 15 is 0 Å². The molecule has 0 bridgehead atoms. The van der Waals surface area contributed by atoms with E-state index in [0.717, 1.165) is 12.8 Å². The zero-order valence-electron chi connectivity index (χ0n) is 13.8. The van der Waals surface area contributed by atoms with Crippen LogP contribution in [0.15, 0.2) is 18.3 Å². The van der Waals surface area contributed by atoms with E-state index in [4.69, 9.17) is 9.47 Å². The third kappa shape index (κ3) is 3.61. The standard InChI is InChI=1S/C16H23N3O4/c1-17-13(20)10-16(11-22-2)6-4-8-19(16)15(21)12-5-7-18-14(9-12)23-3/h5,7,9H,4,6,8,10-11H2,1-3H3,(H,17,20)/t16-/m1/s1. The number of amides is 2. The van der Waals surface area contributed by atoms with Crippen LogP contribution in [0.2, 0.25) is 0 Å². The Kier molecular flexibility index (Phi) is 5.54. The molecule has 0 saturated carbocycles. The van der Waals surface area contributed by atoms with Crippen molar-refractivity contribution in [1.29, 1.82) is 0 Å².